The Morgan fingerprint density at radius 3 is 2.40 bits per heavy atom. The fraction of sp³-hybridized carbons (Fsp3) is 0.167. The van der Waals surface area contributed by atoms with E-state index < -0.39 is 10.0 Å². The summed E-state index contributed by atoms with van der Waals surface area (Å²) in [4.78, 5) is 12.0. The van der Waals surface area contributed by atoms with Crippen LogP contribution in [0.5, 0.6) is 0 Å². The fourth-order valence-electron chi connectivity index (χ4n) is 1.56. The largest absolute Gasteiger partial charge is 0.307 e. The van der Waals surface area contributed by atoms with Crippen molar-refractivity contribution in [1.29, 1.82) is 0 Å². The van der Waals surface area contributed by atoms with Gasteiger partial charge in [0.1, 0.15) is 5.82 Å². The maximum absolute atomic E-state index is 12.0. The van der Waals surface area contributed by atoms with E-state index in [9.17, 15) is 13.2 Å². The second-order valence-electron chi connectivity index (χ2n) is 4.33. The number of nitrogens with one attached hydrogen (secondary N) is 3. The summed E-state index contributed by atoms with van der Waals surface area (Å²) < 4.78 is 24.5. The molecular formula is C12H14N4O3S. The van der Waals surface area contributed by atoms with Gasteiger partial charge < -0.3 is 5.32 Å². The second kappa shape index (κ2) is 5.33. The average Bonchev–Trinajstić information content (AvgIpc) is 2.74. The Morgan fingerprint density at radius 2 is 1.90 bits per heavy atom. The van der Waals surface area contributed by atoms with Gasteiger partial charge in [0.15, 0.2) is 0 Å². The van der Waals surface area contributed by atoms with Gasteiger partial charge in [-0.25, -0.2) is 8.42 Å². The molecule has 0 aliphatic rings. The van der Waals surface area contributed by atoms with Crippen molar-refractivity contribution in [1.82, 2.24) is 10.2 Å². The molecule has 1 amide bonds. The van der Waals surface area contributed by atoms with Gasteiger partial charge in [-0.05, 0) is 31.2 Å². The predicted octanol–water partition coefficient (Wildman–Crippen LogP) is 1.34. The Kier molecular flexibility index (Phi) is 3.75. The zero-order valence-corrected chi connectivity index (χ0v) is 11.8. The number of aromatic nitrogens is 2. The molecule has 1 heterocycles. The number of benzene rings is 1. The van der Waals surface area contributed by atoms with Gasteiger partial charge >= 0.3 is 0 Å². The number of carbonyl (C=O) groups excluding carboxylic acids is 1. The van der Waals surface area contributed by atoms with Gasteiger partial charge in [0.05, 0.1) is 12.5 Å². The number of rotatable bonds is 4. The summed E-state index contributed by atoms with van der Waals surface area (Å²) in [5.74, 6) is 0.233. The van der Waals surface area contributed by atoms with Crippen LogP contribution >= 0.6 is 0 Å². The molecule has 0 radical (unpaired) electrons. The Labute approximate surface area is 116 Å². The van der Waals surface area contributed by atoms with Gasteiger partial charge in [-0.15, -0.1) is 0 Å². The lowest BCUT2D eigenvalue weighted by Crippen LogP contribution is -2.13. The third-order valence-electron chi connectivity index (χ3n) is 2.52. The molecule has 2 rings (SSSR count). The second-order valence-corrected chi connectivity index (χ2v) is 6.08. The SMILES string of the molecule is Cc1cn[nH]c1NC(=O)c1ccc(NS(C)(=O)=O)cc1. The molecule has 0 fully saturated rings. The number of amides is 1. The van der Waals surface area contributed by atoms with Crippen LogP contribution in [0.2, 0.25) is 0 Å². The Bertz CT molecular complexity index is 719. The van der Waals surface area contributed by atoms with Gasteiger partial charge in [-0.1, -0.05) is 0 Å². The summed E-state index contributed by atoms with van der Waals surface area (Å²) >= 11 is 0. The first-order chi connectivity index (χ1) is 9.35. The standard InChI is InChI=1S/C12H14N4O3S/c1-8-7-13-15-11(8)14-12(17)9-3-5-10(6-4-9)16-20(2,18)19/h3-7,16H,1-2H3,(H2,13,14,15,17). The Balaban J connectivity index is 2.10. The van der Waals surface area contributed by atoms with Crippen molar-refractivity contribution < 1.29 is 13.2 Å². The highest BCUT2D eigenvalue weighted by Crippen LogP contribution is 2.14. The molecule has 8 heteroatoms. The molecular weight excluding hydrogens is 280 g/mol. The molecule has 106 valence electrons. The molecule has 2 aromatic rings. The van der Waals surface area contributed by atoms with Crippen LogP contribution in [0.25, 0.3) is 0 Å². The minimum atomic E-state index is -3.32. The molecule has 0 spiro atoms. The molecule has 1 aromatic heterocycles. The quantitative estimate of drug-likeness (QED) is 0.791. The highest BCUT2D eigenvalue weighted by molar-refractivity contribution is 7.92. The summed E-state index contributed by atoms with van der Waals surface area (Å²) in [6.07, 6.45) is 2.67. The third-order valence-corrected chi connectivity index (χ3v) is 3.12. The van der Waals surface area contributed by atoms with Crippen LogP contribution in [-0.4, -0.2) is 30.8 Å². The molecule has 3 N–H and O–H groups in total. The van der Waals surface area contributed by atoms with Crippen LogP contribution in [0.3, 0.4) is 0 Å². The lowest BCUT2D eigenvalue weighted by Gasteiger charge is -2.06. The lowest BCUT2D eigenvalue weighted by atomic mass is 10.2. The van der Waals surface area contributed by atoms with Crippen molar-refractivity contribution in [3.05, 3.63) is 41.6 Å². The first kappa shape index (κ1) is 14.1. The van der Waals surface area contributed by atoms with Crippen molar-refractivity contribution in [2.24, 2.45) is 0 Å². The minimum Gasteiger partial charge on any atom is -0.307 e. The zero-order chi connectivity index (χ0) is 14.8. The van der Waals surface area contributed by atoms with E-state index in [4.69, 9.17) is 0 Å². The van der Waals surface area contributed by atoms with Gasteiger partial charge in [-0.3, -0.25) is 14.6 Å². The number of H-pyrrole nitrogens is 1. The van der Waals surface area contributed by atoms with Crippen molar-refractivity contribution >= 4 is 27.4 Å². The molecule has 0 bridgehead atoms. The highest BCUT2D eigenvalue weighted by atomic mass is 32.2. The van der Waals surface area contributed by atoms with E-state index in [0.717, 1.165) is 11.8 Å². The molecule has 0 saturated carbocycles. The predicted molar refractivity (Wildman–Crippen MR) is 76.2 cm³/mol. The van der Waals surface area contributed by atoms with Gasteiger partial charge in [0.2, 0.25) is 10.0 Å². The summed E-state index contributed by atoms with van der Waals surface area (Å²) in [7, 11) is -3.32. The molecule has 0 unspecified atom stereocenters. The average molecular weight is 294 g/mol. The van der Waals surface area contributed by atoms with Gasteiger partial charge in [0.25, 0.3) is 5.91 Å². The topological polar surface area (TPSA) is 104 Å². The summed E-state index contributed by atoms with van der Waals surface area (Å²) in [6, 6.07) is 6.12. The monoisotopic (exact) mass is 294 g/mol. The van der Waals surface area contributed by atoms with Crippen LogP contribution in [-0.2, 0) is 10.0 Å². The van der Waals surface area contributed by atoms with Crippen LogP contribution < -0.4 is 10.0 Å². The Hall–Kier alpha value is -2.35. The van der Waals surface area contributed by atoms with Crippen LogP contribution in [0.15, 0.2) is 30.5 Å². The zero-order valence-electron chi connectivity index (χ0n) is 11.0. The van der Waals surface area contributed by atoms with E-state index in [2.05, 4.69) is 20.2 Å². The Morgan fingerprint density at radius 1 is 1.25 bits per heavy atom. The van der Waals surface area contributed by atoms with Crippen LogP contribution in [0, 0.1) is 6.92 Å². The number of carbonyl (C=O) groups is 1. The maximum atomic E-state index is 12.0. The lowest BCUT2D eigenvalue weighted by molar-refractivity contribution is 0.102. The molecule has 0 aliphatic heterocycles. The minimum absolute atomic E-state index is 0.303. The van der Waals surface area contributed by atoms with Crippen molar-refractivity contribution in [2.45, 2.75) is 6.92 Å². The van der Waals surface area contributed by atoms with Crippen LogP contribution in [0.1, 0.15) is 15.9 Å². The third kappa shape index (κ3) is 3.58. The first-order valence-electron chi connectivity index (χ1n) is 5.74. The number of nitrogens with zero attached hydrogens (tertiary/aromatic N) is 1. The molecule has 0 atom stereocenters. The fourth-order valence-corrected chi connectivity index (χ4v) is 2.13. The summed E-state index contributed by atoms with van der Waals surface area (Å²) in [5, 5.41) is 9.16. The highest BCUT2D eigenvalue weighted by Gasteiger charge is 2.09. The van der Waals surface area contributed by atoms with Crippen molar-refractivity contribution in [3.8, 4) is 0 Å². The number of hydrogen-bond donors (Lipinski definition) is 3. The number of aryl methyl sites for hydroxylation is 1. The number of anilines is 2. The van der Waals surface area contributed by atoms with E-state index >= 15 is 0 Å². The van der Waals surface area contributed by atoms with Crippen molar-refractivity contribution in [3.63, 3.8) is 0 Å². The molecule has 1 aromatic carbocycles. The number of hydrogen-bond acceptors (Lipinski definition) is 4. The summed E-state index contributed by atoms with van der Waals surface area (Å²) in [5.41, 5.74) is 1.65. The summed E-state index contributed by atoms with van der Waals surface area (Å²) in [6.45, 7) is 1.82. The number of aromatic amines is 1. The van der Waals surface area contributed by atoms with E-state index in [1.165, 1.54) is 24.3 Å². The van der Waals surface area contributed by atoms with Crippen LogP contribution in [0.4, 0.5) is 11.5 Å². The molecule has 0 aliphatic carbocycles. The van der Waals surface area contributed by atoms with E-state index in [1.807, 2.05) is 6.92 Å². The van der Waals surface area contributed by atoms with Gasteiger partial charge in [0, 0.05) is 16.8 Å². The smallest absolute Gasteiger partial charge is 0.256 e. The van der Waals surface area contributed by atoms with Gasteiger partial charge in [-0.2, -0.15) is 5.10 Å². The van der Waals surface area contributed by atoms with E-state index in [-0.39, 0.29) is 5.91 Å². The molecule has 20 heavy (non-hydrogen) atoms. The molecule has 0 saturated heterocycles. The van der Waals surface area contributed by atoms with E-state index in [0.29, 0.717) is 17.1 Å². The normalized spacial score (nSPS) is 11.1. The number of sulfonamides is 1. The maximum Gasteiger partial charge on any atom is 0.256 e. The molecule has 7 nitrogen and oxygen atoms in total. The van der Waals surface area contributed by atoms with Crippen molar-refractivity contribution in [2.75, 3.05) is 16.3 Å². The van der Waals surface area contributed by atoms with E-state index in [1.54, 1.807) is 6.20 Å². The first-order valence-corrected chi connectivity index (χ1v) is 7.63.